The van der Waals surface area contributed by atoms with E-state index in [0.717, 1.165) is 11.3 Å². The third-order valence-electron chi connectivity index (χ3n) is 3.59. The predicted octanol–water partition coefficient (Wildman–Crippen LogP) is 2.03. The van der Waals surface area contributed by atoms with Gasteiger partial charge >= 0.3 is 0 Å². The van der Waals surface area contributed by atoms with E-state index in [1.165, 1.54) is 0 Å². The van der Waals surface area contributed by atoms with E-state index < -0.39 is 6.04 Å². The van der Waals surface area contributed by atoms with Crippen molar-refractivity contribution in [3.05, 3.63) is 59.9 Å². The van der Waals surface area contributed by atoms with E-state index in [-0.39, 0.29) is 11.8 Å². The maximum Gasteiger partial charge on any atom is 0.255 e. The first-order valence-electron chi connectivity index (χ1n) is 7.92. The summed E-state index contributed by atoms with van der Waals surface area (Å²) in [6.45, 7) is 0.387. The lowest BCUT2D eigenvalue weighted by Crippen LogP contribution is -2.40. The Morgan fingerprint density at radius 2 is 1.84 bits per heavy atom. The van der Waals surface area contributed by atoms with Crippen LogP contribution in [0.5, 0.6) is 0 Å². The molecule has 2 amide bonds. The summed E-state index contributed by atoms with van der Waals surface area (Å²) in [5.74, 6) is 0.505. The summed E-state index contributed by atoms with van der Waals surface area (Å²) in [6.07, 6.45) is 5.87. The summed E-state index contributed by atoms with van der Waals surface area (Å²) >= 11 is 1.67. The van der Waals surface area contributed by atoms with Gasteiger partial charge in [-0.2, -0.15) is 11.8 Å². The molecule has 2 aromatic rings. The Morgan fingerprint density at radius 3 is 2.48 bits per heavy atom. The third-order valence-corrected chi connectivity index (χ3v) is 4.23. The van der Waals surface area contributed by atoms with Gasteiger partial charge in [-0.3, -0.25) is 14.6 Å². The number of thioether (sulfide) groups is 1. The molecule has 0 saturated carbocycles. The van der Waals surface area contributed by atoms with Crippen molar-refractivity contribution in [3.8, 4) is 0 Å². The molecule has 0 saturated heterocycles. The molecule has 0 aliphatic heterocycles. The highest BCUT2D eigenvalue weighted by molar-refractivity contribution is 7.98. The standard InChI is InChI=1S/C18H22N4O2S/c1-25-11-8-16(19)18(24)21-12-13-2-4-14(5-3-13)17(23)22-15-6-9-20-10-7-15/h2-7,9-10,16H,8,11-12,19H2,1H3,(H,21,24)(H,20,22,23)/t16-/m0/s1. The van der Waals surface area contributed by atoms with Crippen molar-refractivity contribution < 1.29 is 9.59 Å². The van der Waals surface area contributed by atoms with Crippen LogP contribution in [0.2, 0.25) is 0 Å². The van der Waals surface area contributed by atoms with E-state index in [4.69, 9.17) is 5.73 Å². The van der Waals surface area contributed by atoms with Gasteiger partial charge < -0.3 is 16.4 Å². The number of benzene rings is 1. The zero-order chi connectivity index (χ0) is 18.1. The SMILES string of the molecule is CSCC[C@H](N)C(=O)NCc1ccc(C(=O)Nc2ccncc2)cc1. The van der Waals surface area contributed by atoms with Gasteiger partial charge in [-0.15, -0.1) is 0 Å². The molecule has 132 valence electrons. The van der Waals surface area contributed by atoms with Crippen molar-refractivity contribution in [1.29, 1.82) is 0 Å². The molecule has 0 radical (unpaired) electrons. The lowest BCUT2D eigenvalue weighted by molar-refractivity contribution is -0.122. The molecule has 2 rings (SSSR count). The number of nitrogens with zero attached hydrogens (tertiary/aromatic N) is 1. The van der Waals surface area contributed by atoms with Crippen LogP contribution in [0, 0.1) is 0 Å². The van der Waals surface area contributed by atoms with Crippen LogP contribution in [0.4, 0.5) is 5.69 Å². The molecule has 1 aromatic heterocycles. The molecule has 0 spiro atoms. The highest BCUT2D eigenvalue weighted by Crippen LogP contribution is 2.09. The molecule has 1 aromatic carbocycles. The van der Waals surface area contributed by atoms with Gasteiger partial charge in [0, 0.05) is 30.2 Å². The van der Waals surface area contributed by atoms with E-state index in [1.807, 2.05) is 18.4 Å². The Hall–Kier alpha value is -2.38. The molecule has 7 heteroatoms. The number of carbonyl (C=O) groups excluding carboxylic acids is 2. The van der Waals surface area contributed by atoms with Crippen molar-refractivity contribution in [2.45, 2.75) is 19.0 Å². The molecule has 4 N–H and O–H groups in total. The quantitative estimate of drug-likeness (QED) is 0.671. The van der Waals surface area contributed by atoms with Crippen molar-refractivity contribution >= 4 is 29.3 Å². The zero-order valence-electron chi connectivity index (χ0n) is 14.1. The minimum Gasteiger partial charge on any atom is -0.351 e. The first-order chi connectivity index (χ1) is 12.1. The fraction of sp³-hybridized carbons (Fsp3) is 0.278. The molecule has 1 heterocycles. The number of anilines is 1. The highest BCUT2D eigenvalue weighted by atomic mass is 32.2. The van der Waals surface area contributed by atoms with Gasteiger partial charge in [0.1, 0.15) is 0 Å². The molecule has 0 aliphatic carbocycles. The summed E-state index contributed by atoms with van der Waals surface area (Å²) in [7, 11) is 0. The maximum atomic E-state index is 12.2. The molecule has 1 atom stereocenters. The van der Waals surface area contributed by atoms with Crippen molar-refractivity contribution in [3.63, 3.8) is 0 Å². The minimum atomic E-state index is -0.488. The second kappa shape index (κ2) is 9.80. The van der Waals surface area contributed by atoms with E-state index >= 15 is 0 Å². The van der Waals surface area contributed by atoms with E-state index in [1.54, 1.807) is 48.4 Å². The molecule has 0 fully saturated rings. The summed E-state index contributed by atoms with van der Waals surface area (Å²) in [6, 6.07) is 10.0. The number of hydrogen-bond donors (Lipinski definition) is 3. The second-order valence-electron chi connectivity index (χ2n) is 5.49. The van der Waals surface area contributed by atoms with Crippen LogP contribution in [0.15, 0.2) is 48.8 Å². The fourth-order valence-electron chi connectivity index (χ4n) is 2.11. The molecule has 25 heavy (non-hydrogen) atoms. The van der Waals surface area contributed by atoms with Crippen molar-refractivity contribution in [2.75, 3.05) is 17.3 Å². The second-order valence-corrected chi connectivity index (χ2v) is 6.48. The van der Waals surface area contributed by atoms with Crippen LogP contribution in [0.3, 0.4) is 0 Å². The maximum absolute atomic E-state index is 12.2. The smallest absolute Gasteiger partial charge is 0.255 e. The number of amides is 2. The monoisotopic (exact) mass is 358 g/mol. The average molecular weight is 358 g/mol. The van der Waals surface area contributed by atoms with Crippen LogP contribution in [0.1, 0.15) is 22.3 Å². The van der Waals surface area contributed by atoms with Crippen LogP contribution in [0.25, 0.3) is 0 Å². The topological polar surface area (TPSA) is 97.1 Å². The number of aromatic nitrogens is 1. The Labute approximate surface area is 151 Å². The van der Waals surface area contributed by atoms with Gasteiger partial charge in [0.15, 0.2) is 0 Å². The number of carbonyl (C=O) groups is 2. The van der Waals surface area contributed by atoms with Gasteiger partial charge in [0.25, 0.3) is 5.91 Å². The van der Waals surface area contributed by atoms with Gasteiger partial charge in [-0.05, 0) is 48.3 Å². The molecular formula is C18H22N4O2S. The summed E-state index contributed by atoms with van der Waals surface area (Å²) in [4.78, 5) is 28.0. The minimum absolute atomic E-state index is 0.159. The summed E-state index contributed by atoms with van der Waals surface area (Å²) < 4.78 is 0. The third kappa shape index (κ3) is 6.21. The highest BCUT2D eigenvalue weighted by Gasteiger charge is 2.12. The van der Waals surface area contributed by atoms with Crippen molar-refractivity contribution in [1.82, 2.24) is 10.3 Å². The van der Waals surface area contributed by atoms with E-state index in [2.05, 4.69) is 15.6 Å². The van der Waals surface area contributed by atoms with E-state index in [0.29, 0.717) is 24.2 Å². The number of rotatable bonds is 8. The van der Waals surface area contributed by atoms with Crippen LogP contribution in [-0.2, 0) is 11.3 Å². The van der Waals surface area contributed by atoms with Crippen molar-refractivity contribution in [2.24, 2.45) is 5.73 Å². The van der Waals surface area contributed by atoms with Crippen LogP contribution < -0.4 is 16.4 Å². The summed E-state index contributed by atoms with van der Waals surface area (Å²) in [5.41, 5.74) is 7.97. The molecule has 6 nitrogen and oxygen atoms in total. The molecular weight excluding hydrogens is 336 g/mol. The van der Waals surface area contributed by atoms with Gasteiger partial charge in [-0.25, -0.2) is 0 Å². The van der Waals surface area contributed by atoms with Gasteiger partial charge in [-0.1, -0.05) is 12.1 Å². The number of nitrogens with two attached hydrogens (primary N) is 1. The first kappa shape index (κ1) is 19.0. The Kier molecular flexibility index (Phi) is 7.43. The average Bonchev–Trinajstić information content (AvgIpc) is 2.65. The first-order valence-corrected chi connectivity index (χ1v) is 9.32. The van der Waals surface area contributed by atoms with Gasteiger partial charge in [0.05, 0.1) is 6.04 Å². The predicted molar refractivity (Wildman–Crippen MR) is 101 cm³/mol. The fourth-order valence-corrected chi connectivity index (χ4v) is 2.60. The van der Waals surface area contributed by atoms with E-state index in [9.17, 15) is 9.59 Å². The normalized spacial score (nSPS) is 11.6. The lowest BCUT2D eigenvalue weighted by atomic mass is 10.1. The Bertz CT molecular complexity index is 692. The number of pyridine rings is 1. The number of hydrogen-bond acceptors (Lipinski definition) is 5. The van der Waals surface area contributed by atoms with Gasteiger partial charge in [0.2, 0.25) is 5.91 Å². The largest absolute Gasteiger partial charge is 0.351 e. The van der Waals surface area contributed by atoms with Crippen LogP contribution in [-0.4, -0.2) is 34.8 Å². The molecule has 0 unspecified atom stereocenters. The van der Waals surface area contributed by atoms with Crippen LogP contribution >= 0.6 is 11.8 Å². The lowest BCUT2D eigenvalue weighted by Gasteiger charge is -2.12. The zero-order valence-corrected chi connectivity index (χ0v) is 14.9. The Morgan fingerprint density at radius 1 is 1.16 bits per heavy atom. The molecule has 0 aliphatic rings. The summed E-state index contributed by atoms with van der Waals surface area (Å²) in [5, 5.41) is 5.61. The number of nitrogens with one attached hydrogen (secondary N) is 2. The molecule has 0 bridgehead atoms. The Balaban J connectivity index is 1.85.